The van der Waals surface area contributed by atoms with E-state index < -0.39 is 0 Å². The van der Waals surface area contributed by atoms with Gasteiger partial charge in [-0.3, -0.25) is 14.4 Å². The van der Waals surface area contributed by atoms with Crippen LogP contribution >= 0.6 is 0 Å². The molecule has 7 heteroatoms. The summed E-state index contributed by atoms with van der Waals surface area (Å²) in [6.45, 7) is 2.50. The average molecular weight is 404 g/mol. The molecule has 0 unspecified atom stereocenters. The first-order valence-corrected chi connectivity index (χ1v) is 10.4. The van der Waals surface area contributed by atoms with Crippen molar-refractivity contribution in [1.29, 1.82) is 0 Å². The summed E-state index contributed by atoms with van der Waals surface area (Å²) in [4.78, 5) is 38.4. The van der Waals surface area contributed by atoms with Crippen molar-refractivity contribution < 1.29 is 19.1 Å². The molecule has 1 aromatic carbocycles. The van der Waals surface area contributed by atoms with Gasteiger partial charge >= 0.3 is 0 Å². The largest absolute Gasteiger partial charge is 0.383 e. The molecule has 1 aliphatic rings. The van der Waals surface area contributed by atoms with Gasteiger partial charge in [0.2, 0.25) is 17.7 Å². The third kappa shape index (κ3) is 8.64. The van der Waals surface area contributed by atoms with E-state index in [0.29, 0.717) is 31.2 Å². The summed E-state index contributed by atoms with van der Waals surface area (Å²) in [5.74, 6) is -0.0664. The number of hydrogen-bond donors (Lipinski definition) is 2. The van der Waals surface area contributed by atoms with E-state index in [9.17, 15) is 14.4 Å². The Balaban J connectivity index is 1.75. The van der Waals surface area contributed by atoms with E-state index in [1.165, 1.54) is 30.6 Å². The molecule has 0 atom stereocenters. The number of carbonyl (C=O) groups excluding carboxylic acids is 3. The van der Waals surface area contributed by atoms with E-state index in [0.717, 1.165) is 12.0 Å². The first-order valence-electron chi connectivity index (χ1n) is 10.4. The molecule has 160 valence electrons. The van der Waals surface area contributed by atoms with E-state index >= 15 is 0 Å². The predicted octanol–water partition coefficient (Wildman–Crippen LogP) is 2.50. The van der Waals surface area contributed by atoms with E-state index in [4.69, 9.17) is 4.74 Å². The van der Waals surface area contributed by atoms with Gasteiger partial charge in [0.1, 0.15) is 0 Å². The summed E-state index contributed by atoms with van der Waals surface area (Å²) >= 11 is 0. The van der Waals surface area contributed by atoms with Crippen LogP contribution in [-0.2, 0) is 19.1 Å². The van der Waals surface area contributed by atoms with Gasteiger partial charge in [0.05, 0.1) is 19.7 Å². The number of amides is 3. The summed E-state index contributed by atoms with van der Waals surface area (Å²) in [5.41, 5.74) is 1.78. The Kier molecular flexibility index (Phi) is 9.64. The molecule has 1 fully saturated rings. The number of rotatable bonds is 11. The molecule has 0 heterocycles. The van der Waals surface area contributed by atoms with Crippen molar-refractivity contribution in [2.75, 3.05) is 38.7 Å². The van der Waals surface area contributed by atoms with Crippen LogP contribution in [-0.4, -0.2) is 56.0 Å². The minimum atomic E-state index is -0.352. The highest BCUT2D eigenvalue weighted by atomic mass is 16.5. The van der Waals surface area contributed by atoms with Crippen LogP contribution < -0.4 is 10.6 Å². The Labute approximate surface area is 173 Å². The number of anilines is 1. The Morgan fingerprint density at radius 1 is 1.10 bits per heavy atom. The number of hydrogen-bond acceptors (Lipinski definition) is 4. The molecular weight excluding hydrogens is 370 g/mol. The number of carbonyl (C=O) groups is 3. The molecular formula is C22H33N3O4. The minimum absolute atomic E-state index is 0.0341. The minimum Gasteiger partial charge on any atom is -0.383 e. The first-order chi connectivity index (χ1) is 14.0. The van der Waals surface area contributed by atoms with Crippen LogP contribution in [0.4, 0.5) is 5.69 Å². The van der Waals surface area contributed by atoms with Gasteiger partial charge in [-0.25, -0.2) is 0 Å². The van der Waals surface area contributed by atoms with E-state index in [-0.39, 0.29) is 30.8 Å². The Hall–Kier alpha value is -2.41. The molecule has 3 amide bonds. The van der Waals surface area contributed by atoms with Gasteiger partial charge in [0.15, 0.2) is 0 Å². The van der Waals surface area contributed by atoms with Crippen molar-refractivity contribution in [3.8, 4) is 0 Å². The molecule has 2 rings (SSSR count). The van der Waals surface area contributed by atoms with Crippen LogP contribution in [0.2, 0.25) is 0 Å². The molecule has 0 aromatic heterocycles. The molecule has 7 nitrogen and oxygen atoms in total. The Morgan fingerprint density at radius 3 is 2.45 bits per heavy atom. The highest BCUT2D eigenvalue weighted by Gasteiger charge is 2.21. The zero-order chi connectivity index (χ0) is 21.1. The van der Waals surface area contributed by atoms with Gasteiger partial charge in [-0.15, -0.1) is 0 Å². The van der Waals surface area contributed by atoms with Crippen molar-refractivity contribution in [3.05, 3.63) is 29.8 Å². The fourth-order valence-electron chi connectivity index (χ4n) is 3.53. The fourth-order valence-corrected chi connectivity index (χ4v) is 3.53. The standard InChI is InChI=1S/C22H33N3O4/c1-17-7-10-19(11-8-17)24-20(26)15-23-21(27)16-25(13-14-29-2)22(28)12-9-18-5-3-4-6-18/h7-8,10-11,18H,3-6,9,12-16H2,1-2H3,(H,23,27)(H,24,26). The fraction of sp³-hybridized carbons (Fsp3) is 0.591. The first kappa shape index (κ1) is 22.9. The molecule has 0 radical (unpaired) electrons. The second-order valence-corrected chi connectivity index (χ2v) is 7.69. The van der Waals surface area contributed by atoms with Gasteiger partial charge in [-0.2, -0.15) is 0 Å². The second-order valence-electron chi connectivity index (χ2n) is 7.69. The lowest BCUT2D eigenvalue weighted by molar-refractivity contribution is -0.137. The summed E-state index contributed by atoms with van der Waals surface area (Å²) in [7, 11) is 1.57. The molecule has 1 aliphatic carbocycles. The summed E-state index contributed by atoms with van der Waals surface area (Å²) in [6, 6.07) is 7.42. The average Bonchev–Trinajstić information content (AvgIpc) is 3.23. The molecule has 0 spiro atoms. The maximum atomic E-state index is 12.6. The van der Waals surface area contributed by atoms with E-state index in [2.05, 4.69) is 10.6 Å². The monoisotopic (exact) mass is 403 g/mol. The lowest BCUT2D eigenvalue weighted by Gasteiger charge is -2.22. The zero-order valence-corrected chi connectivity index (χ0v) is 17.5. The number of aryl methyl sites for hydroxylation is 1. The van der Waals surface area contributed by atoms with Gasteiger partial charge < -0.3 is 20.3 Å². The topological polar surface area (TPSA) is 87.7 Å². The number of nitrogens with zero attached hydrogens (tertiary/aromatic N) is 1. The number of methoxy groups -OCH3 is 1. The molecule has 29 heavy (non-hydrogen) atoms. The quantitative estimate of drug-likeness (QED) is 0.594. The summed E-state index contributed by atoms with van der Waals surface area (Å²) in [5, 5.41) is 5.32. The van der Waals surface area contributed by atoms with Gasteiger partial charge in [-0.1, -0.05) is 43.4 Å². The normalized spacial score (nSPS) is 13.9. The lowest BCUT2D eigenvalue weighted by Crippen LogP contribution is -2.44. The highest BCUT2D eigenvalue weighted by Crippen LogP contribution is 2.28. The zero-order valence-electron chi connectivity index (χ0n) is 17.5. The van der Waals surface area contributed by atoms with Crippen LogP contribution in [0, 0.1) is 12.8 Å². The SMILES string of the molecule is COCCN(CC(=O)NCC(=O)Nc1ccc(C)cc1)C(=O)CCC1CCCC1. The van der Waals surface area contributed by atoms with Gasteiger partial charge in [0, 0.05) is 25.8 Å². The van der Waals surface area contributed by atoms with Crippen LogP contribution in [0.15, 0.2) is 24.3 Å². The van der Waals surface area contributed by atoms with Crippen molar-refractivity contribution in [2.24, 2.45) is 5.92 Å². The number of nitrogens with one attached hydrogen (secondary N) is 2. The third-order valence-electron chi connectivity index (χ3n) is 5.28. The summed E-state index contributed by atoms with van der Waals surface area (Å²) < 4.78 is 5.07. The maximum absolute atomic E-state index is 12.6. The Bertz CT molecular complexity index is 669. The third-order valence-corrected chi connectivity index (χ3v) is 5.28. The predicted molar refractivity (Wildman–Crippen MR) is 112 cm³/mol. The molecule has 1 aromatic rings. The highest BCUT2D eigenvalue weighted by molar-refractivity contribution is 5.95. The second kappa shape index (κ2) is 12.2. The smallest absolute Gasteiger partial charge is 0.243 e. The van der Waals surface area contributed by atoms with Crippen molar-refractivity contribution >= 4 is 23.4 Å². The van der Waals surface area contributed by atoms with Gasteiger partial charge in [0.25, 0.3) is 0 Å². The molecule has 0 bridgehead atoms. The van der Waals surface area contributed by atoms with Crippen LogP contribution in [0.1, 0.15) is 44.1 Å². The number of ether oxygens (including phenoxy) is 1. The van der Waals surface area contributed by atoms with Crippen molar-refractivity contribution in [1.82, 2.24) is 10.2 Å². The van der Waals surface area contributed by atoms with Crippen LogP contribution in [0.25, 0.3) is 0 Å². The van der Waals surface area contributed by atoms with Crippen molar-refractivity contribution in [3.63, 3.8) is 0 Å². The molecule has 0 saturated heterocycles. The van der Waals surface area contributed by atoms with Crippen molar-refractivity contribution in [2.45, 2.75) is 45.4 Å². The van der Waals surface area contributed by atoms with Crippen LogP contribution in [0.5, 0.6) is 0 Å². The van der Waals surface area contributed by atoms with E-state index in [1.807, 2.05) is 31.2 Å². The van der Waals surface area contributed by atoms with Crippen LogP contribution in [0.3, 0.4) is 0 Å². The number of benzene rings is 1. The molecule has 2 N–H and O–H groups in total. The lowest BCUT2D eigenvalue weighted by atomic mass is 10.0. The van der Waals surface area contributed by atoms with Gasteiger partial charge in [-0.05, 0) is 31.4 Å². The summed E-state index contributed by atoms with van der Waals surface area (Å²) in [6.07, 6.45) is 6.22. The Morgan fingerprint density at radius 2 is 1.79 bits per heavy atom. The molecule has 0 aliphatic heterocycles. The van der Waals surface area contributed by atoms with E-state index in [1.54, 1.807) is 7.11 Å². The molecule has 1 saturated carbocycles. The maximum Gasteiger partial charge on any atom is 0.243 e.